The van der Waals surface area contributed by atoms with Crippen molar-refractivity contribution in [3.05, 3.63) is 70.3 Å². The lowest BCUT2D eigenvalue weighted by molar-refractivity contribution is -0.114. The fourth-order valence-corrected chi connectivity index (χ4v) is 2.67. The Balaban J connectivity index is 2.23. The van der Waals surface area contributed by atoms with Crippen molar-refractivity contribution in [2.24, 2.45) is 10.3 Å². The first-order chi connectivity index (χ1) is 13.0. The molecule has 2 aromatic carbocycles. The Morgan fingerprint density at radius 1 is 1.07 bits per heavy atom. The maximum Gasteiger partial charge on any atom is 0.273 e. The maximum absolute atomic E-state index is 12.1. The smallest absolute Gasteiger partial charge is 0.273 e. The lowest BCUT2D eigenvalue weighted by atomic mass is 10.0. The number of nitrogens with one attached hydrogen (secondary N) is 1. The summed E-state index contributed by atoms with van der Waals surface area (Å²) >= 11 is 0. The van der Waals surface area contributed by atoms with Crippen LogP contribution in [0.2, 0.25) is 0 Å². The van der Waals surface area contributed by atoms with E-state index in [1.165, 1.54) is 12.7 Å². The number of hydrogen-bond donors (Lipinski definition) is 1. The van der Waals surface area contributed by atoms with Crippen molar-refractivity contribution in [1.29, 1.82) is 0 Å². The molecule has 0 spiro atoms. The number of hydrogen-bond acceptors (Lipinski definition) is 5. The van der Waals surface area contributed by atoms with E-state index < -0.39 is 0 Å². The molecule has 0 heterocycles. The third-order valence-corrected chi connectivity index (χ3v) is 4.10. The minimum atomic E-state index is -0.334. The van der Waals surface area contributed by atoms with Gasteiger partial charge in [0.05, 0.1) is 5.71 Å². The molecule has 0 aliphatic heterocycles. The van der Waals surface area contributed by atoms with E-state index in [0.29, 0.717) is 5.56 Å². The molecule has 6 nitrogen and oxygen atoms in total. The van der Waals surface area contributed by atoms with Crippen LogP contribution in [-0.4, -0.2) is 31.5 Å². The number of rotatable bonds is 7. The van der Waals surface area contributed by atoms with Crippen LogP contribution in [0.1, 0.15) is 34.7 Å². The molecule has 2 aromatic rings. The molecule has 1 N–H and O–H groups in total. The molecule has 2 rings (SSSR count). The van der Waals surface area contributed by atoms with Gasteiger partial charge >= 0.3 is 0 Å². The SMILES string of the molecule is CNC(=O)C(=NOC)c1ccccc1CON=C(C)c1cc(C)ccc1C. The van der Waals surface area contributed by atoms with Gasteiger partial charge in [-0.05, 0) is 32.4 Å². The van der Waals surface area contributed by atoms with E-state index in [0.717, 1.165) is 22.4 Å². The molecular formula is C21H25N3O3. The third-order valence-electron chi connectivity index (χ3n) is 4.10. The topological polar surface area (TPSA) is 72.3 Å². The van der Waals surface area contributed by atoms with Crippen LogP contribution in [0, 0.1) is 13.8 Å². The Morgan fingerprint density at radius 2 is 1.81 bits per heavy atom. The summed E-state index contributed by atoms with van der Waals surface area (Å²) < 4.78 is 0. The van der Waals surface area contributed by atoms with Crippen LogP contribution in [-0.2, 0) is 21.1 Å². The van der Waals surface area contributed by atoms with Gasteiger partial charge in [0.25, 0.3) is 5.91 Å². The van der Waals surface area contributed by atoms with Gasteiger partial charge < -0.3 is 15.0 Å². The fourth-order valence-electron chi connectivity index (χ4n) is 2.67. The monoisotopic (exact) mass is 367 g/mol. The normalized spacial score (nSPS) is 11.9. The summed E-state index contributed by atoms with van der Waals surface area (Å²) in [6, 6.07) is 13.6. The molecule has 142 valence electrons. The van der Waals surface area contributed by atoms with Gasteiger partial charge in [-0.2, -0.15) is 0 Å². The summed E-state index contributed by atoms with van der Waals surface area (Å²) in [6.45, 7) is 6.21. The van der Waals surface area contributed by atoms with Crippen LogP contribution in [0.4, 0.5) is 0 Å². The van der Waals surface area contributed by atoms with Crippen LogP contribution in [0.3, 0.4) is 0 Å². The molecule has 0 aliphatic rings. The summed E-state index contributed by atoms with van der Waals surface area (Å²) in [7, 11) is 2.95. The average molecular weight is 367 g/mol. The van der Waals surface area contributed by atoms with Gasteiger partial charge in [-0.25, -0.2) is 0 Å². The molecule has 0 unspecified atom stereocenters. The second kappa shape index (κ2) is 9.52. The highest BCUT2D eigenvalue weighted by Gasteiger charge is 2.17. The number of aryl methyl sites for hydroxylation is 2. The largest absolute Gasteiger partial charge is 0.398 e. The van der Waals surface area contributed by atoms with Gasteiger partial charge in [-0.3, -0.25) is 4.79 Å². The highest BCUT2D eigenvalue weighted by Crippen LogP contribution is 2.15. The van der Waals surface area contributed by atoms with E-state index in [1.807, 2.05) is 39.0 Å². The number of carbonyl (C=O) groups is 1. The molecule has 0 aliphatic carbocycles. The van der Waals surface area contributed by atoms with Crippen molar-refractivity contribution in [3.63, 3.8) is 0 Å². The van der Waals surface area contributed by atoms with Crippen molar-refractivity contribution >= 4 is 17.3 Å². The Bertz CT molecular complexity index is 873. The van der Waals surface area contributed by atoms with Crippen molar-refractivity contribution in [1.82, 2.24) is 5.32 Å². The van der Waals surface area contributed by atoms with E-state index in [2.05, 4.69) is 33.8 Å². The second-order valence-electron chi connectivity index (χ2n) is 6.13. The Kier molecular flexibility index (Phi) is 7.11. The maximum atomic E-state index is 12.1. The van der Waals surface area contributed by atoms with Gasteiger partial charge in [0, 0.05) is 23.7 Å². The van der Waals surface area contributed by atoms with Crippen LogP contribution >= 0.6 is 0 Å². The molecule has 0 bridgehead atoms. The van der Waals surface area contributed by atoms with Crippen molar-refractivity contribution in [2.45, 2.75) is 27.4 Å². The number of amides is 1. The van der Waals surface area contributed by atoms with Crippen LogP contribution in [0.5, 0.6) is 0 Å². The molecular weight excluding hydrogens is 342 g/mol. The fraction of sp³-hybridized carbons (Fsp3) is 0.286. The summed E-state index contributed by atoms with van der Waals surface area (Å²) in [5.74, 6) is -0.334. The molecule has 0 aromatic heterocycles. The number of oxime groups is 2. The highest BCUT2D eigenvalue weighted by atomic mass is 16.6. The minimum absolute atomic E-state index is 0.189. The molecule has 0 fully saturated rings. The number of likely N-dealkylation sites (N-methyl/N-ethyl adjacent to an activating group) is 1. The van der Waals surface area contributed by atoms with E-state index >= 15 is 0 Å². The first kappa shape index (κ1) is 20.2. The van der Waals surface area contributed by atoms with Crippen LogP contribution in [0.25, 0.3) is 0 Å². The van der Waals surface area contributed by atoms with E-state index in [1.54, 1.807) is 13.1 Å². The van der Waals surface area contributed by atoms with Gasteiger partial charge in [-0.1, -0.05) is 52.3 Å². The third kappa shape index (κ3) is 5.17. The van der Waals surface area contributed by atoms with Gasteiger partial charge in [0.15, 0.2) is 5.71 Å². The standard InChI is InChI=1S/C21H25N3O3/c1-14-10-11-15(2)19(12-14)16(3)23-27-13-17-8-6-7-9-18(17)20(24-26-5)21(25)22-4/h6-12H,13H2,1-5H3,(H,22,25). The summed E-state index contributed by atoms with van der Waals surface area (Å²) in [4.78, 5) is 22.5. The van der Waals surface area contributed by atoms with E-state index in [4.69, 9.17) is 9.68 Å². The summed E-state index contributed by atoms with van der Waals surface area (Å²) in [6.07, 6.45) is 0. The first-order valence-corrected chi connectivity index (χ1v) is 8.63. The summed E-state index contributed by atoms with van der Waals surface area (Å²) in [5.41, 5.74) is 5.77. The van der Waals surface area contributed by atoms with Crippen molar-refractivity contribution in [2.75, 3.05) is 14.2 Å². The molecule has 0 radical (unpaired) electrons. The molecule has 6 heteroatoms. The molecule has 0 atom stereocenters. The van der Waals surface area contributed by atoms with E-state index in [-0.39, 0.29) is 18.2 Å². The lowest BCUT2D eigenvalue weighted by Gasteiger charge is -2.11. The Labute approximate surface area is 159 Å². The highest BCUT2D eigenvalue weighted by molar-refractivity contribution is 6.45. The zero-order valence-corrected chi connectivity index (χ0v) is 16.4. The van der Waals surface area contributed by atoms with Crippen LogP contribution < -0.4 is 5.32 Å². The predicted molar refractivity (Wildman–Crippen MR) is 107 cm³/mol. The Morgan fingerprint density at radius 3 is 2.52 bits per heavy atom. The molecule has 27 heavy (non-hydrogen) atoms. The number of benzene rings is 2. The van der Waals surface area contributed by atoms with E-state index in [9.17, 15) is 4.79 Å². The molecule has 0 saturated carbocycles. The van der Waals surface area contributed by atoms with Crippen molar-refractivity contribution in [3.8, 4) is 0 Å². The zero-order chi connectivity index (χ0) is 19.8. The minimum Gasteiger partial charge on any atom is -0.398 e. The number of carbonyl (C=O) groups excluding carboxylic acids is 1. The second-order valence-corrected chi connectivity index (χ2v) is 6.13. The van der Waals surface area contributed by atoms with Gasteiger partial charge in [0.2, 0.25) is 0 Å². The zero-order valence-electron chi connectivity index (χ0n) is 16.4. The number of nitrogens with zero attached hydrogens (tertiary/aromatic N) is 2. The molecule has 1 amide bonds. The van der Waals surface area contributed by atoms with Gasteiger partial charge in [-0.15, -0.1) is 0 Å². The van der Waals surface area contributed by atoms with Crippen molar-refractivity contribution < 1.29 is 14.5 Å². The average Bonchev–Trinajstić information content (AvgIpc) is 2.67. The Hall–Kier alpha value is -3.15. The van der Waals surface area contributed by atoms with Gasteiger partial charge in [0.1, 0.15) is 13.7 Å². The quantitative estimate of drug-likeness (QED) is 0.603. The lowest BCUT2D eigenvalue weighted by Crippen LogP contribution is -2.29. The summed E-state index contributed by atoms with van der Waals surface area (Å²) in [5, 5.41) is 10.7. The first-order valence-electron chi connectivity index (χ1n) is 8.63. The predicted octanol–water partition coefficient (Wildman–Crippen LogP) is 3.34. The molecule has 0 saturated heterocycles. The van der Waals surface area contributed by atoms with Crippen LogP contribution in [0.15, 0.2) is 52.8 Å².